The van der Waals surface area contributed by atoms with Crippen LogP contribution in [0.5, 0.6) is 11.5 Å². The molecule has 2 aromatic rings. The summed E-state index contributed by atoms with van der Waals surface area (Å²) in [5.41, 5.74) is 1.44. The summed E-state index contributed by atoms with van der Waals surface area (Å²) >= 11 is 12.7. The molecule has 0 unspecified atom stereocenters. The molecule has 19 heavy (non-hydrogen) atoms. The van der Waals surface area contributed by atoms with Gasteiger partial charge in [0.15, 0.2) is 0 Å². The van der Waals surface area contributed by atoms with Gasteiger partial charge in [-0.1, -0.05) is 24.3 Å². The van der Waals surface area contributed by atoms with Crippen molar-refractivity contribution >= 4 is 23.2 Å². The van der Waals surface area contributed by atoms with Crippen LogP contribution >= 0.6 is 23.2 Å². The Labute approximate surface area is 121 Å². The van der Waals surface area contributed by atoms with E-state index >= 15 is 0 Å². The molecule has 1 aliphatic carbocycles. The van der Waals surface area contributed by atoms with Crippen LogP contribution in [0.4, 0.5) is 0 Å². The van der Waals surface area contributed by atoms with Gasteiger partial charge < -0.3 is 10.2 Å². The zero-order chi connectivity index (χ0) is 13.7. The summed E-state index contributed by atoms with van der Waals surface area (Å²) in [6.07, 6.45) is 0.610. The van der Waals surface area contributed by atoms with Crippen LogP contribution in [0.15, 0.2) is 48.5 Å². The zero-order valence-corrected chi connectivity index (χ0v) is 11.5. The quantitative estimate of drug-likeness (QED) is 0.823. The molecule has 1 fully saturated rings. The summed E-state index contributed by atoms with van der Waals surface area (Å²) in [6, 6.07) is 13.8. The number of phenols is 2. The highest BCUT2D eigenvalue weighted by molar-refractivity contribution is 6.52. The van der Waals surface area contributed by atoms with Crippen molar-refractivity contribution in [2.75, 3.05) is 0 Å². The van der Waals surface area contributed by atoms with Gasteiger partial charge in [0.1, 0.15) is 15.8 Å². The normalized spacial score (nSPS) is 19.1. The van der Waals surface area contributed by atoms with Crippen LogP contribution in [0.25, 0.3) is 0 Å². The molecule has 2 aromatic carbocycles. The Morgan fingerprint density at radius 2 is 1.05 bits per heavy atom. The summed E-state index contributed by atoms with van der Waals surface area (Å²) < 4.78 is -0.860. The standard InChI is InChI=1S/C15H12Cl2O2/c16-15(17)9-14(15,10-1-5-12(18)6-2-10)11-3-7-13(19)8-4-11/h1-8,18-19H,9H2. The van der Waals surface area contributed by atoms with Crippen LogP contribution in [0.3, 0.4) is 0 Å². The van der Waals surface area contributed by atoms with Crippen LogP contribution in [0.1, 0.15) is 17.5 Å². The van der Waals surface area contributed by atoms with Gasteiger partial charge in [-0.3, -0.25) is 0 Å². The fourth-order valence-corrected chi connectivity index (χ4v) is 3.41. The van der Waals surface area contributed by atoms with E-state index in [0.29, 0.717) is 6.42 Å². The Hall–Kier alpha value is -1.38. The van der Waals surface area contributed by atoms with Crippen LogP contribution in [-0.4, -0.2) is 14.5 Å². The highest BCUT2D eigenvalue weighted by Gasteiger charge is 2.68. The van der Waals surface area contributed by atoms with Crippen LogP contribution in [0, 0.1) is 0 Å². The summed E-state index contributed by atoms with van der Waals surface area (Å²) in [4.78, 5) is 0. The number of rotatable bonds is 2. The van der Waals surface area contributed by atoms with Gasteiger partial charge in [-0.25, -0.2) is 0 Å². The van der Waals surface area contributed by atoms with E-state index in [2.05, 4.69) is 0 Å². The first-order valence-electron chi connectivity index (χ1n) is 5.93. The lowest BCUT2D eigenvalue weighted by Gasteiger charge is -2.19. The smallest absolute Gasteiger partial charge is 0.133 e. The lowest BCUT2D eigenvalue weighted by Crippen LogP contribution is -2.16. The summed E-state index contributed by atoms with van der Waals surface area (Å²) in [5.74, 6) is 0.417. The molecule has 0 atom stereocenters. The molecule has 3 rings (SSSR count). The molecular weight excluding hydrogens is 283 g/mol. The molecule has 0 radical (unpaired) electrons. The second-order valence-electron chi connectivity index (χ2n) is 4.88. The SMILES string of the molecule is Oc1ccc(C2(c3ccc(O)cc3)CC2(Cl)Cl)cc1. The van der Waals surface area contributed by atoms with Gasteiger partial charge in [0.25, 0.3) is 0 Å². The fourth-order valence-electron chi connectivity index (χ4n) is 2.57. The van der Waals surface area contributed by atoms with Gasteiger partial charge in [0, 0.05) is 0 Å². The minimum absolute atomic E-state index is 0.208. The second kappa shape index (κ2) is 4.06. The van der Waals surface area contributed by atoms with Crippen molar-refractivity contribution in [3.8, 4) is 11.5 Å². The Kier molecular flexibility index (Phi) is 2.70. The molecule has 0 spiro atoms. The maximum atomic E-state index is 9.38. The van der Waals surface area contributed by atoms with Crippen molar-refractivity contribution in [3.05, 3.63) is 59.7 Å². The largest absolute Gasteiger partial charge is 0.508 e. The molecule has 98 valence electrons. The highest BCUT2D eigenvalue weighted by atomic mass is 35.5. The average Bonchev–Trinajstić information content (AvgIpc) is 2.95. The minimum Gasteiger partial charge on any atom is -0.508 e. The molecular formula is C15H12Cl2O2. The summed E-state index contributed by atoms with van der Waals surface area (Å²) in [7, 11) is 0. The van der Waals surface area contributed by atoms with Crippen molar-refractivity contribution in [1.29, 1.82) is 0 Å². The number of hydrogen-bond acceptors (Lipinski definition) is 2. The molecule has 4 heteroatoms. The Morgan fingerprint density at radius 1 is 0.737 bits per heavy atom. The molecule has 1 aliphatic rings. The molecule has 2 nitrogen and oxygen atoms in total. The lowest BCUT2D eigenvalue weighted by atomic mass is 9.88. The van der Waals surface area contributed by atoms with Crippen molar-refractivity contribution in [2.45, 2.75) is 16.2 Å². The molecule has 0 saturated heterocycles. The molecule has 0 aliphatic heterocycles. The van der Waals surface area contributed by atoms with Gasteiger partial charge in [0.2, 0.25) is 0 Å². The van der Waals surface area contributed by atoms with E-state index in [1.807, 2.05) is 24.3 Å². The monoisotopic (exact) mass is 294 g/mol. The van der Waals surface area contributed by atoms with E-state index < -0.39 is 9.75 Å². The topological polar surface area (TPSA) is 40.5 Å². The Balaban J connectivity index is 2.11. The minimum atomic E-state index is -0.860. The van der Waals surface area contributed by atoms with E-state index in [0.717, 1.165) is 11.1 Å². The van der Waals surface area contributed by atoms with Crippen molar-refractivity contribution < 1.29 is 10.2 Å². The zero-order valence-electron chi connectivity index (χ0n) is 9.98. The predicted molar refractivity (Wildman–Crippen MR) is 76.0 cm³/mol. The number of alkyl halides is 2. The van der Waals surface area contributed by atoms with Crippen LogP contribution in [-0.2, 0) is 5.41 Å². The third-order valence-electron chi connectivity index (χ3n) is 3.71. The summed E-state index contributed by atoms with van der Waals surface area (Å²) in [5, 5.41) is 18.8. The van der Waals surface area contributed by atoms with E-state index in [4.69, 9.17) is 23.2 Å². The van der Waals surface area contributed by atoms with Gasteiger partial charge in [0.05, 0.1) is 5.41 Å². The number of phenolic OH excluding ortho intramolecular Hbond substituents is 2. The third-order valence-corrected chi connectivity index (χ3v) is 4.62. The molecule has 0 amide bonds. The maximum absolute atomic E-state index is 9.38. The molecule has 1 saturated carbocycles. The van der Waals surface area contributed by atoms with Crippen LogP contribution in [0.2, 0.25) is 0 Å². The third kappa shape index (κ3) is 1.87. The van der Waals surface area contributed by atoms with E-state index in [9.17, 15) is 10.2 Å². The van der Waals surface area contributed by atoms with Gasteiger partial charge in [-0.05, 0) is 41.8 Å². The first kappa shape index (κ1) is 12.6. The first-order chi connectivity index (χ1) is 8.96. The number of benzene rings is 2. The fraction of sp³-hybridized carbons (Fsp3) is 0.200. The lowest BCUT2D eigenvalue weighted by molar-refractivity contribution is 0.475. The average molecular weight is 295 g/mol. The number of hydrogen-bond donors (Lipinski definition) is 2. The molecule has 0 heterocycles. The molecule has 0 aromatic heterocycles. The van der Waals surface area contributed by atoms with Crippen LogP contribution < -0.4 is 0 Å². The van der Waals surface area contributed by atoms with Crippen molar-refractivity contribution in [2.24, 2.45) is 0 Å². The number of aromatic hydroxyl groups is 2. The Morgan fingerprint density at radius 3 is 1.32 bits per heavy atom. The van der Waals surface area contributed by atoms with E-state index in [1.54, 1.807) is 24.3 Å². The van der Waals surface area contributed by atoms with E-state index in [1.165, 1.54) is 0 Å². The van der Waals surface area contributed by atoms with E-state index in [-0.39, 0.29) is 11.5 Å². The molecule has 2 N–H and O–H groups in total. The molecule has 0 bridgehead atoms. The first-order valence-corrected chi connectivity index (χ1v) is 6.68. The summed E-state index contributed by atoms with van der Waals surface area (Å²) in [6.45, 7) is 0. The Bertz CT molecular complexity index is 558. The van der Waals surface area contributed by atoms with Gasteiger partial charge >= 0.3 is 0 Å². The maximum Gasteiger partial charge on any atom is 0.133 e. The highest BCUT2D eigenvalue weighted by Crippen LogP contribution is 2.68. The second-order valence-corrected chi connectivity index (χ2v) is 6.36. The van der Waals surface area contributed by atoms with Gasteiger partial charge in [-0.15, -0.1) is 23.2 Å². The number of halogens is 2. The predicted octanol–water partition coefficient (Wildman–Crippen LogP) is 3.96. The van der Waals surface area contributed by atoms with Crippen molar-refractivity contribution in [3.63, 3.8) is 0 Å². The van der Waals surface area contributed by atoms with Gasteiger partial charge in [-0.2, -0.15) is 0 Å². The van der Waals surface area contributed by atoms with Crippen molar-refractivity contribution in [1.82, 2.24) is 0 Å².